The van der Waals surface area contributed by atoms with E-state index in [0.717, 1.165) is 18.4 Å². The van der Waals surface area contributed by atoms with E-state index >= 15 is 0 Å². The molecule has 2 rings (SSSR count). The SMILES string of the molecule is CCC[C@@H](NC(=O)NC[C@@](C)(O)c1cnn(C)c1)c1ccccc1. The Bertz CT molecular complexity index is 652. The number of aryl methyl sites for hydroxylation is 1. The average molecular weight is 330 g/mol. The predicted octanol–water partition coefficient (Wildman–Crippen LogP) is 2.47. The summed E-state index contributed by atoms with van der Waals surface area (Å²) in [6.07, 6.45) is 5.16. The monoisotopic (exact) mass is 330 g/mol. The van der Waals surface area contributed by atoms with Crippen molar-refractivity contribution in [2.24, 2.45) is 7.05 Å². The number of nitrogens with zero attached hydrogens (tertiary/aromatic N) is 2. The Morgan fingerprint density at radius 3 is 2.67 bits per heavy atom. The minimum atomic E-state index is -1.17. The highest BCUT2D eigenvalue weighted by Gasteiger charge is 2.25. The standard InChI is InChI=1S/C18H26N4O2/c1-4-8-16(14-9-6-5-7-10-14)21-17(23)19-13-18(2,24)15-11-20-22(3)12-15/h5-7,9-12,16,24H,4,8,13H2,1-3H3,(H2,19,21,23)/t16-,18-/m1/s1. The van der Waals surface area contributed by atoms with Crippen LogP contribution in [0.5, 0.6) is 0 Å². The fraction of sp³-hybridized carbons (Fsp3) is 0.444. The van der Waals surface area contributed by atoms with Gasteiger partial charge in [0.15, 0.2) is 0 Å². The van der Waals surface area contributed by atoms with E-state index in [0.29, 0.717) is 5.56 Å². The van der Waals surface area contributed by atoms with Gasteiger partial charge in [0.25, 0.3) is 0 Å². The van der Waals surface area contributed by atoms with Crippen molar-refractivity contribution < 1.29 is 9.90 Å². The first kappa shape index (κ1) is 18.0. The van der Waals surface area contributed by atoms with Gasteiger partial charge in [-0.3, -0.25) is 4.68 Å². The topological polar surface area (TPSA) is 79.2 Å². The molecule has 0 spiro atoms. The van der Waals surface area contributed by atoms with Gasteiger partial charge >= 0.3 is 6.03 Å². The lowest BCUT2D eigenvalue weighted by Crippen LogP contribution is -2.44. The van der Waals surface area contributed by atoms with E-state index in [1.807, 2.05) is 30.3 Å². The normalized spacial score (nSPS) is 14.7. The van der Waals surface area contributed by atoms with Gasteiger partial charge in [0.2, 0.25) is 0 Å². The van der Waals surface area contributed by atoms with Crippen molar-refractivity contribution in [3.05, 3.63) is 53.9 Å². The van der Waals surface area contributed by atoms with E-state index in [-0.39, 0.29) is 18.6 Å². The Kier molecular flexibility index (Phi) is 5.98. The third-order valence-corrected chi connectivity index (χ3v) is 4.00. The molecular weight excluding hydrogens is 304 g/mol. The third-order valence-electron chi connectivity index (χ3n) is 4.00. The Balaban J connectivity index is 1.93. The molecule has 0 saturated carbocycles. The van der Waals surface area contributed by atoms with Crippen LogP contribution in [0.25, 0.3) is 0 Å². The molecule has 0 aliphatic heterocycles. The van der Waals surface area contributed by atoms with Crippen LogP contribution in [0.15, 0.2) is 42.7 Å². The lowest BCUT2D eigenvalue weighted by molar-refractivity contribution is 0.0591. The average Bonchev–Trinajstić information content (AvgIpc) is 3.01. The number of hydrogen-bond donors (Lipinski definition) is 3. The molecule has 2 aromatic rings. The van der Waals surface area contributed by atoms with Crippen molar-refractivity contribution in [1.82, 2.24) is 20.4 Å². The van der Waals surface area contributed by atoms with Crippen LogP contribution in [0.1, 0.15) is 43.9 Å². The summed E-state index contributed by atoms with van der Waals surface area (Å²) in [6, 6.07) is 9.56. The smallest absolute Gasteiger partial charge is 0.315 e. The zero-order chi connectivity index (χ0) is 17.6. The Morgan fingerprint density at radius 2 is 2.08 bits per heavy atom. The first-order chi connectivity index (χ1) is 11.4. The molecule has 0 unspecified atom stereocenters. The Morgan fingerprint density at radius 1 is 1.38 bits per heavy atom. The quantitative estimate of drug-likeness (QED) is 0.730. The van der Waals surface area contributed by atoms with E-state index in [1.165, 1.54) is 0 Å². The van der Waals surface area contributed by atoms with Crippen LogP contribution in [0.3, 0.4) is 0 Å². The highest BCUT2D eigenvalue weighted by Crippen LogP contribution is 2.20. The number of benzene rings is 1. The van der Waals surface area contributed by atoms with E-state index in [4.69, 9.17) is 0 Å². The van der Waals surface area contributed by atoms with Gasteiger partial charge in [0, 0.05) is 18.8 Å². The number of aromatic nitrogens is 2. The zero-order valence-electron chi connectivity index (χ0n) is 14.5. The van der Waals surface area contributed by atoms with Crippen molar-refractivity contribution in [3.8, 4) is 0 Å². The van der Waals surface area contributed by atoms with Gasteiger partial charge in [-0.15, -0.1) is 0 Å². The number of aliphatic hydroxyl groups is 1. The maximum Gasteiger partial charge on any atom is 0.315 e. The molecule has 1 heterocycles. The van der Waals surface area contributed by atoms with Crippen LogP contribution in [0.2, 0.25) is 0 Å². The van der Waals surface area contributed by atoms with E-state index in [1.54, 1.807) is 31.0 Å². The second-order valence-electron chi connectivity index (χ2n) is 6.26. The number of amides is 2. The van der Waals surface area contributed by atoms with Gasteiger partial charge in [-0.1, -0.05) is 43.7 Å². The van der Waals surface area contributed by atoms with Crippen LogP contribution in [0.4, 0.5) is 4.79 Å². The fourth-order valence-electron chi connectivity index (χ4n) is 2.56. The van der Waals surface area contributed by atoms with Crippen molar-refractivity contribution in [2.45, 2.75) is 38.3 Å². The van der Waals surface area contributed by atoms with Crippen LogP contribution in [-0.4, -0.2) is 27.5 Å². The summed E-state index contributed by atoms with van der Waals surface area (Å²) in [5, 5.41) is 20.3. The summed E-state index contributed by atoms with van der Waals surface area (Å²) < 4.78 is 1.62. The van der Waals surface area contributed by atoms with Crippen molar-refractivity contribution in [2.75, 3.05) is 6.54 Å². The Hall–Kier alpha value is -2.34. The number of carbonyl (C=O) groups excluding carboxylic acids is 1. The molecule has 24 heavy (non-hydrogen) atoms. The van der Waals surface area contributed by atoms with Crippen LogP contribution in [-0.2, 0) is 12.6 Å². The lowest BCUT2D eigenvalue weighted by atomic mass is 10.00. The first-order valence-corrected chi connectivity index (χ1v) is 8.23. The van der Waals surface area contributed by atoms with Crippen molar-refractivity contribution in [1.29, 1.82) is 0 Å². The number of hydrogen-bond acceptors (Lipinski definition) is 3. The molecule has 0 aliphatic carbocycles. The van der Waals surface area contributed by atoms with Gasteiger partial charge < -0.3 is 15.7 Å². The molecule has 1 aromatic heterocycles. The molecule has 0 aliphatic rings. The van der Waals surface area contributed by atoms with Crippen LogP contribution >= 0.6 is 0 Å². The maximum atomic E-state index is 12.2. The second-order valence-corrected chi connectivity index (χ2v) is 6.26. The minimum absolute atomic E-state index is 0.0421. The summed E-state index contributed by atoms with van der Waals surface area (Å²) in [5.74, 6) is 0. The van der Waals surface area contributed by atoms with Gasteiger partial charge in [0.05, 0.1) is 18.8 Å². The maximum absolute atomic E-state index is 12.2. The molecule has 0 bridgehead atoms. The van der Waals surface area contributed by atoms with Gasteiger partial charge in [-0.25, -0.2) is 4.79 Å². The van der Waals surface area contributed by atoms with E-state index < -0.39 is 5.60 Å². The zero-order valence-corrected chi connectivity index (χ0v) is 14.5. The molecular formula is C18H26N4O2. The number of carbonyl (C=O) groups is 1. The molecule has 2 atom stereocenters. The molecule has 6 nitrogen and oxygen atoms in total. The second kappa shape index (κ2) is 7.97. The molecule has 0 fully saturated rings. The fourth-order valence-corrected chi connectivity index (χ4v) is 2.56. The third kappa shape index (κ3) is 4.83. The number of rotatable bonds is 7. The number of urea groups is 1. The molecule has 130 valence electrons. The summed E-state index contributed by atoms with van der Waals surface area (Å²) >= 11 is 0. The summed E-state index contributed by atoms with van der Waals surface area (Å²) in [6.45, 7) is 3.85. The van der Waals surface area contributed by atoms with E-state index in [2.05, 4.69) is 22.7 Å². The molecule has 6 heteroatoms. The van der Waals surface area contributed by atoms with Gasteiger partial charge in [0.1, 0.15) is 5.60 Å². The molecule has 3 N–H and O–H groups in total. The molecule has 0 saturated heterocycles. The largest absolute Gasteiger partial charge is 0.383 e. The summed E-state index contributed by atoms with van der Waals surface area (Å²) in [7, 11) is 1.79. The predicted molar refractivity (Wildman–Crippen MR) is 93.4 cm³/mol. The highest BCUT2D eigenvalue weighted by atomic mass is 16.3. The summed E-state index contributed by atoms with van der Waals surface area (Å²) in [4.78, 5) is 12.2. The van der Waals surface area contributed by atoms with Crippen LogP contribution < -0.4 is 10.6 Å². The minimum Gasteiger partial charge on any atom is -0.383 e. The highest BCUT2D eigenvalue weighted by molar-refractivity contribution is 5.74. The van der Waals surface area contributed by atoms with E-state index in [9.17, 15) is 9.90 Å². The first-order valence-electron chi connectivity index (χ1n) is 8.23. The van der Waals surface area contributed by atoms with Gasteiger partial charge in [-0.2, -0.15) is 5.10 Å². The van der Waals surface area contributed by atoms with Crippen molar-refractivity contribution >= 4 is 6.03 Å². The van der Waals surface area contributed by atoms with Gasteiger partial charge in [-0.05, 0) is 18.9 Å². The Labute approximate surface area is 142 Å². The lowest BCUT2D eigenvalue weighted by Gasteiger charge is -2.24. The van der Waals surface area contributed by atoms with Crippen molar-refractivity contribution in [3.63, 3.8) is 0 Å². The molecule has 2 amide bonds. The summed E-state index contributed by atoms with van der Waals surface area (Å²) in [5.41, 5.74) is 0.575. The molecule has 0 radical (unpaired) electrons. The number of nitrogens with one attached hydrogen (secondary N) is 2. The molecule has 1 aromatic carbocycles. The van der Waals surface area contributed by atoms with Crippen LogP contribution in [0, 0.1) is 0 Å².